The molecule has 0 aliphatic heterocycles. The molecule has 0 radical (unpaired) electrons. The van der Waals surface area contributed by atoms with E-state index in [9.17, 15) is 0 Å². The van der Waals surface area contributed by atoms with Crippen LogP contribution >= 0.6 is 34.0 Å². The predicted octanol–water partition coefficient (Wildman–Crippen LogP) is 24.3. The van der Waals surface area contributed by atoms with Crippen LogP contribution in [0.1, 0.15) is 0 Å². The number of nitrogens with zero attached hydrogens (tertiary/aromatic N) is 2. The minimum Gasteiger partial charge on any atom is -0.310 e. The molecule has 15 aromatic carbocycles. The highest BCUT2D eigenvalue weighted by Gasteiger charge is 2.21. The third-order valence-corrected chi connectivity index (χ3v) is 20.2. The fourth-order valence-corrected chi connectivity index (χ4v) is 16.6. The molecule has 388 valence electrons. The molecule has 3 heterocycles. The Morgan fingerprint density at radius 1 is 0.181 bits per heavy atom. The van der Waals surface area contributed by atoms with E-state index in [1.165, 1.54) is 131 Å². The summed E-state index contributed by atoms with van der Waals surface area (Å²) < 4.78 is 8.01. The molecular formula is C78H48N2S3. The van der Waals surface area contributed by atoms with Crippen molar-refractivity contribution in [1.29, 1.82) is 0 Å². The molecular weight excluding hydrogens is 1060 g/mol. The van der Waals surface area contributed by atoms with Crippen LogP contribution in [-0.2, 0) is 0 Å². The lowest BCUT2D eigenvalue weighted by molar-refractivity contribution is 1.29. The van der Waals surface area contributed by atoms with Crippen molar-refractivity contribution < 1.29 is 0 Å². The number of rotatable bonds is 6. The van der Waals surface area contributed by atoms with Gasteiger partial charge in [-0.1, -0.05) is 188 Å². The average molecular weight is 1110 g/mol. The molecule has 2 nitrogen and oxygen atoms in total. The Morgan fingerprint density at radius 2 is 0.518 bits per heavy atom. The third kappa shape index (κ3) is 7.81. The molecule has 0 N–H and O–H groups in total. The Kier molecular flexibility index (Phi) is 11.2. The molecule has 18 rings (SSSR count). The van der Waals surface area contributed by atoms with Gasteiger partial charge in [-0.3, -0.25) is 0 Å². The van der Waals surface area contributed by atoms with Crippen molar-refractivity contribution in [3.63, 3.8) is 0 Å². The van der Waals surface area contributed by atoms with E-state index in [1.807, 2.05) is 34.0 Å². The van der Waals surface area contributed by atoms with Gasteiger partial charge in [0.25, 0.3) is 0 Å². The molecule has 0 saturated heterocycles. The van der Waals surface area contributed by atoms with Gasteiger partial charge in [-0.2, -0.15) is 0 Å². The van der Waals surface area contributed by atoms with E-state index >= 15 is 0 Å². The number of anilines is 6. The fourth-order valence-electron chi connectivity index (χ4n) is 13.2. The highest BCUT2D eigenvalue weighted by molar-refractivity contribution is 7.26. The zero-order chi connectivity index (χ0) is 54.5. The van der Waals surface area contributed by atoms with Crippen molar-refractivity contribution in [3.8, 4) is 0 Å². The summed E-state index contributed by atoms with van der Waals surface area (Å²) in [4.78, 5) is 4.75. The summed E-state index contributed by atoms with van der Waals surface area (Å²) in [5.74, 6) is 0. The summed E-state index contributed by atoms with van der Waals surface area (Å²) in [5.41, 5.74) is 6.96. The van der Waals surface area contributed by atoms with E-state index in [1.54, 1.807) is 0 Å². The molecule has 0 fully saturated rings. The summed E-state index contributed by atoms with van der Waals surface area (Å²) in [5, 5.41) is 23.6. The first kappa shape index (κ1) is 47.9. The molecule has 0 spiro atoms. The van der Waals surface area contributed by atoms with Gasteiger partial charge in [0.1, 0.15) is 0 Å². The summed E-state index contributed by atoms with van der Waals surface area (Å²) in [6.45, 7) is 0. The molecule has 0 aliphatic carbocycles. The standard InChI is InChI=1S/C42H25NS2.C36H23NS/c1-2-9-28(10-3-1)43(35-13-8-16-38-42(35)34-12-5-7-15-37(34)44-38)29-20-22-30-27(25-29)18-17-26-19-21-32-31(40(26)30)23-24-39-41(32)33-11-4-6-14-36(33)45-39;1-3-9-26(10-4-1)37(27-11-5-2-6-12-27)28-18-20-29-25(23-28)16-15-24-17-19-31-30(35(24)29)21-22-34-36(31)32-13-7-8-14-33(32)38-34/h1-25H;1-23H. The monoisotopic (exact) mass is 1110 g/mol. The van der Waals surface area contributed by atoms with Crippen LogP contribution in [-0.4, -0.2) is 0 Å². The van der Waals surface area contributed by atoms with Gasteiger partial charge in [0.05, 0.1) is 5.69 Å². The second kappa shape index (κ2) is 19.4. The molecule has 0 atom stereocenters. The van der Waals surface area contributed by atoms with Crippen molar-refractivity contribution in [2.45, 2.75) is 0 Å². The van der Waals surface area contributed by atoms with Gasteiger partial charge in [-0.25, -0.2) is 0 Å². The Labute approximate surface area is 490 Å². The normalized spacial score (nSPS) is 11.9. The van der Waals surface area contributed by atoms with Crippen LogP contribution in [0.5, 0.6) is 0 Å². The zero-order valence-electron chi connectivity index (χ0n) is 44.8. The average Bonchev–Trinajstić information content (AvgIpc) is 4.37. The van der Waals surface area contributed by atoms with Gasteiger partial charge >= 0.3 is 0 Å². The topological polar surface area (TPSA) is 6.48 Å². The molecule has 5 heteroatoms. The first-order valence-corrected chi connectivity index (χ1v) is 30.7. The first-order valence-electron chi connectivity index (χ1n) is 28.2. The second-order valence-corrected chi connectivity index (χ2v) is 24.7. The van der Waals surface area contributed by atoms with Gasteiger partial charge in [-0.05, 0) is 168 Å². The van der Waals surface area contributed by atoms with Crippen molar-refractivity contribution in [3.05, 3.63) is 291 Å². The molecule has 83 heavy (non-hydrogen) atoms. The lowest BCUT2D eigenvalue weighted by Gasteiger charge is -2.27. The lowest BCUT2D eigenvalue weighted by atomic mass is 9.94. The summed E-state index contributed by atoms with van der Waals surface area (Å²) in [6.07, 6.45) is 0. The van der Waals surface area contributed by atoms with Crippen LogP contribution in [0.25, 0.3) is 125 Å². The number of fused-ring (bicyclic) bond motifs is 21. The van der Waals surface area contributed by atoms with E-state index in [0.717, 1.165) is 28.4 Å². The number of hydrogen-bond donors (Lipinski definition) is 0. The maximum Gasteiger partial charge on any atom is 0.0554 e. The first-order chi connectivity index (χ1) is 41.2. The van der Waals surface area contributed by atoms with E-state index in [0.29, 0.717) is 0 Å². The van der Waals surface area contributed by atoms with Crippen molar-refractivity contribution in [2.75, 3.05) is 9.80 Å². The Balaban J connectivity index is 0.000000133. The van der Waals surface area contributed by atoms with Crippen molar-refractivity contribution in [2.24, 2.45) is 0 Å². The van der Waals surface area contributed by atoms with Crippen LogP contribution in [0.4, 0.5) is 34.1 Å². The van der Waals surface area contributed by atoms with Gasteiger partial charge in [-0.15, -0.1) is 34.0 Å². The van der Waals surface area contributed by atoms with Gasteiger partial charge in [0.2, 0.25) is 0 Å². The van der Waals surface area contributed by atoms with E-state index in [-0.39, 0.29) is 0 Å². The molecule has 0 aliphatic rings. The Morgan fingerprint density at radius 3 is 1.00 bits per heavy atom. The smallest absolute Gasteiger partial charge is 0.0554 e. The number of hydrogen-bond acceptors (Lipinski definition) is 5. The van der Waals surface area contributed by atoms with E-state index in [4.69, 9.17) is 0 Å². The highest BCUT2D eigenvalue weighted by Crippen LogP contribution is 2.48. The third-order valence-electron chi connectivity index (χ3n) is 16.8. The SMILES string of the molecule is c1ccc(N(c2ccc3c(ccc4ccc5c(ccc6sc7ccccc7c65)c43)c2)c2cccc3sc4ccccc4c23)cc1.c1ccc(N(c2ccccc2)c2ccc3c(ccc4ccc5c(ccc6sc7ccccc7c65)c43)c2)cc1. The van der Waals surface area contributed by atoms with Gasteiger partial charge in [0, 0.05) is 89.0 Å². The van der Waals surface area contributed by atoms with Crippen LogP contribution in [0, 0.1) is 0 Å². The quantitative estimate of drug-likeness (QED) is 0.153. The van der Waals surface area contributed by atoms with Crippen LogP contribution in [0.15, 0.2) is 291 Å². The maximum atomic E-state index is 2.43. The summed E-state index contributed by atoms with van der Waals surface area (Å²) in [7, 11) is 0. The lowest BCUT2D eigenvalue weighted by Crippen LogP contribution is -2.10. The molecule has 3 aromatic heterocycles. The van der Waals surface area contributed by atoms with Crippen molar-refractivity contribution in [1.82, 2.24) is 0 Å². The van der Waals surface area contributed by atoms with Gasteiger partial charge in [0.15, 0.2) is 0 Å². The minimum atomic E-state index is 1.15. The minimum absolute atomic E-state index is 1.15. The van der Waals surface area contributed by atoms with Gasteiger partial charge < -0.3 is 9.80 Å². The molecule has 0 amide bonds. The number of para-hydroxylation sites is 3. The van der Waals surface area contributed by atoms with Crippen LogP contribution in [0.2, 0.25) is 0 Å². The van der Waals surface area contributed by atoms with E-state index in [2.05, 4.69) is 301 Å². The maximum absolute atomic E-state index is 2.43. The Hall–Kier alpha value is -9.88. The molecule has 0 saturated carbocycles. The van der Waals surface area contributed by atoms with E-state index < -0.39 is 0 Å². The van der Waals surface area contributed by atoms with Crippen LogP contribution < -0.4 is 9.80 Å². The van der Waals surface area contributed by atoms with Crippen LogP contribution in [0.3, 0.4) is 0 Å². The number of thiophene rings is 3. The highest BCUT2D eigenvalue weighted by atomic mass is 32.1. The fraction of sp³-hybridized carbons (Fsp3) is 0. The molecule has 18 aromatic rings. The zero-order valence-corrected chi connectivity index (χ0v) is 47.3. The molecule has 0 unspecified atom stereocenters. The second-order valence-electron chi connectivity index (χ2n) is 21.5. The van der Waals surface area contributed by atoms with Crippen molar-refractivity contribution >= 4 is 193 Å². The largest absolute Gasteiger partial charge is 0.310 e. The predicted molar refractivity (Wildman–Crippen MR) is 366 cm³/mol. The molecule has 0 bridgehead atoms. The Bertz CT molecular complexity index is 5550. The summed E-state index contributed by atoms with van der Waals surface area (Å²) in [6, 6.07) is 107. The number of benzene rings is 15. The summed E-state index contributed by atoms with van der Waals surface area (Å²) >= 11 is 5.63.